The Balaban J connectivity index is 2.05. The first-order valence-electron chi connectivity index (χ1n) is 7.84. The highest BCUT2D eigenvalue weighted by atomic mass is 19.1. The number of hydrogen-bond donors (Lipinski definition) is 0. The van der Waals surface area contributed by atoms with Gasteiger partial charge in [-0.1, -0.05) is 18.2 Å². The summed E-state index contributed by atoms with van der Waals surface area (Å²) in [6, 6.07) is 14.9. The Kier molecular flexibility index (Phi) is 3.45. The number of ether oxygens (including phenoxy) is 1. The molecule has 2 aromatic carbocycles. The molecule has 120 valence electrons. The van der Waals surface area contributed by atoms with Gasteiger partial charge in [0.25, 0.3) is 0 Å². The van der Waals surface area contributed by atoms with Crippen molar-refractivity contribution in [3.63, 3.8) is 0 Å². The van der Waals surface area contributed by atoms with Crippen LogP contribution < -0.4 is 4.74 Å². The number of aromatic nitrogens is 2. The van der Waals surface area contributed by atoms with Gasteiger partial charge in [0.05, 0.1) is 30.4 Å². The Morgan fingerprint density at radius 3 is 2.71 bits per heavy atom. The van der Waals surface area contributed by atoms with E-state index in [4.69, 9.17) is 4.74 Å². The number of nitrogens with zero attached hydrogens (tertiary/aromatic N) is 2. The van der Waals surface area contributed by atoms with Gasteiger partial charge in [-0.3, -0.25) is 4.98 Å². The average Bonchev–Trinajstić information content (AvgIpc) is 2.91. The SMILES string of the molecule is COc1ccc2c3ccnc(C)c3n(Cc3ccccc3F)c2c1. The van der Waals surface area contributed by atoms with Gasteiger partial charge in [0.15, 0.2) is 0 Å². The fraction of sp³-hybridized carbons (Fsp3) is 0.150. The monoisotopic (exact) mass is 320 g/mol. The summed E-state index contributed by atoms with van der Waals surface area (Å²) in [4.78, 5) is 4.42. The van der Waals surface area contributed by atoms with E-state index in [9.17, 15) is 4.39 Å². The lowest BCUT2D eigenvalue weighted by Gasteiger charge is -2.10. The second-order valence-corrected chi connectivity index (χ2v) is 5.85. The van der Waals surface area contributed by atoms with E-state index in [2.05, 4.69) is 9.55 Å². The van der Waals surface area contributed by atoms with Crippen LogP contribution in [0.15, 0.2) is 54.7 Å². The van der Waals surface area contributed by atoms with Crippen LogP contribution in [0.2, 0.25) is 0 Å². The molecule has 0 atom stereocenters. The molecule has 0 saturated heterocycles. The van der Waals surface area contributed by atoms with Crippen molar-refractivity contribution in [1.29, 1.82) is 0 Å². The summed E-state index contributed by atoms with van der Waals surface area (Å²) in [7, 11) is 1.65. The van der Waals surface area contributed by atoms with Crippen LogP contribution in [-0.2, 0) is 6.54 Å². The van der Waals surface area contributed by atoms with Gasteiger partial charge in [-0.05, 0) is 31.2 Å². The van der Waals surface area contributed by atoms with Crippen molar-refractivity contribution in [3.8, 4) is 5.75 Å². The molecule has 0 saturated carbocycles. The zero-order valence-electron chi connectivity index (χ0n) is 13.6. The van der Waals surface area contributed by atoms with Crippen LogP contribution >= 0.6 is 0 Å². The maximum Gasteiger partial charge on any atom is 0.128 e. The molecule has 2 heterocycles. The van der Waals surface area contributed by atoms with E-state index < -0.39 is 0 Å². The Labute approximate surface area is 139 Å². The van der Waals surface area contributed by atoms with Crippen molar-refractivity contribution in [2.75, 3.05) is 7.11 Å². The highest BCUT2D eigenvalue weighted by molar-refractivity contribution is 6.09. The van der Waals surface area contributed by atoms with Crippen LogP contribution in [0.3, 0.4) is 0 Å². The lowest BCUT2D eigenvalue weighted by molar-refractivity contribution is 0.415. The zero-order valence-corrected chi connectivity index (χ0v) is 13.6. The van der Waals surface area contributed by atoms with Crippen molar-refractivity contribution < 1.29 is 9.13 Å². The number of methoxy groups -OCH3 is 1. The molecular weight excluding hydrogens is 303 g/mol. The van der Waals surface area contributed by atoms with Gasteiger partial charge in [-0.15, -0.1) is 0 Å². The first kappa shape index (κ1) is 14.7. The molecule has 0 aliphatic heterocycles. The summed E-state index contributed by atoms with van der Waals surface area (Å²) < 4.78 is 21.7. The zero-order chi connectivity index (χ0) is 16.7. The molecule has 0 aliphatic carbocycles. The van der Waals surface area contributed by atoms with Crippen LogP contribution in [0.1, 0.15) is 11.3 Å². The van der Waals surface area contributed by atoms with Gasteiger partial charge in [0.2, 0.25) is 0 Å². The third kappa shape index (κ3) is 2.22. The van der Waals surface area contributed by atoms with Crippen LogP contribution in [0.5, 0.6) is 5.75 Å². The number of halogens is 1. The Morgan fingerprint density at radius 1 is 1.08 bits per heavy atom. The first-order chi connectivity index (χ1) is 11.7. The lowest BCUT2D eigenvalue weighted by Crippen LogP contribution is -2.03. The number of rotatable bonds is 3. The van der Waals surface area contributed by atoms with Crippen LogP contribution in [0.25, 0.3) is 21.8 Å². The van der Waals surface area contributed by atoms with Gasteiger partial charge in [-0.25, -0.2) is 4.39 Å². The lowest BCUT2D eigenvalue weighted by atomic mass is 10.1. The average molecular weight is 320 g/mol. The fourth-order valence-electron chi connectivity index (χ4n) is 3.29. The van der Waals surface area contributed by atoms with Gasteiger partial charge in [0, 0.05) is 28.6 Å². The molecule has 0 radical (unpaired) electrons. The van der Waals surface area contributed by atoms with E-state index in [1.165, 1.54) is 6.07 Å². The quantitative estimate of drug-likeness (QED) is 0.547. The number of pyridine rings is 1. The Bertz CT molecular complexity index is 1050. The van der Waals surface area contributed by atoms with Gasteiger partial charge >= 0.3 is 0 Å². The summed E-state index contributed by atoms with van der Waals surface area (Å²) >= 11 is 0. The molecule has 2 aromatic heterocycles. The standard InChI is InChI=1S/C20H17FN2O/c1-13-20-17(9-10-22-13)16-8-7-15(24-2)11-19(16)23(20)12-14-5-3-4-6-18(14)21/h3-11H,12H2,1-2H3. The maximum atomic E-state index is 14.2. The summed E-state index contributed by atoms with van der Waals surface area (Å²) in [6.45, 7) is 2.43. The molecule has 4 heteroatoms. The van der Waals surface area contributed by atoms with E-state index in [1.807, 2.05) is 49.5 Å². The molecule has 0 spiro atoms. The predicted octanol–water partition coefficient (Wildman–Crippen LogP) is 4.69. The largest absolute Gasteiger partial charge is 0.497 e. The van der Waals surface area contributed by atoms with Crippen LogP contribution in [0.4, 0.5) is 4.39 Å². The normalized spacial score (nSPS) is 11.3. The molecule has 0 amide bonds. The summed E-state index contributed by atoms with van der Waals surface area (Å²) in [5.74, 6) is 0.586. The summed E-state index contributed by atoms with van der Waals surface area (Å²) in [5, 5.41) is 2.24. The molecule has 24 heavy (non-hydrogen) atoms. The topological polar surface area (TPSA) is 27.1 Å². The maximum absolute atomic E-state index is 14.2. The smallest absolute Gasteiger partial charge is 0.128 e. The first-order valence-corrected chi connectivity index (χ1v) is 7.84. The molecule has 0 aliphatic rings. The van der Waals surface area contributed by atoms with Crippen molar-refractivity contribution >= 4 is 21.8 Å². The molecule has 0 N–H and O–H groups in total. The third-order valence-electron chi connectivity index (χ3n) is 4.45. The summed E-state index contributed by atoms with van der Waals surface area (Å²) in [5.41, 5.74) is 3.63. The highest BCUT2D eigenvalue weighted by Crippen LogP contribution is 2.33. The van der Waals surface area contributed by atoms with Crippen molar-refractivity contribution in [2.45, 2.75) is 13.5 Å². The number of benzene rings is 2. The molecule has 0 unspecified atom stereocenters. The van der Waals surface area contributed by atoms with Crippen LogP contribution in [0, 0.1) is 12.7 Å². The Hall–Kier alpha value is -2.88. The summed E-state index contributed by atoms with van der Waals surface area (Å²) in [6.07, 6.45) is 1.81. The van der Waals surface area contributed by atoms with Crippen molar-refractivity contribution in [1.82, 2.24) is 9.55 Å². The molecule has 4 rings (SSSR count). The number of hydrogen-bond acceptors (Lipinski definition) is 2. The third-order valence-corrected chi connectivity index (χ3v) is 4.45. The fourth-order valence-corrected chi connectivity index (χ4v) is 3.29. The molecule has 3 nitrogen and oxygen atoms in total. The molecular formula is C20H17FN2O. The molecule has 0 fully saturated rings. The highest BCUT2D eigenvalue weighted by Gasteiger charge is 2.15. The number of aryl methyl sites for hydroxylation is 1. The van der Waals surface area contributed by atoms with Gasteiger partial charge in [-0.2, -0.15) is 0 Å². The molecule has 4 aromatic rings. The second kappa shape index (κ2) is 5.64. The van der Waals surface area contributed by atoms with E-state index >= 15 is 0 Å². The van der Waals surface area contributed by atoms with Gasteiger partial charge in [0.1, 0.15) is 11.6 Å². The minimum Gasteiger partial charge on any atom is -0.497 e. The van der Waals surface area contributed by atoms with Crippen LogP contribution in [-0.4, -0.2) is 16.7 Å². The molecule has 0 bridgehead atoms. The predicted molar refractivity (Wildman–Crippen MR) is 94.0 cm³/mol. The van der Waals surface area contributed by atoms with Crippen molar-refractivity contribution in [3.05, 3.63) is 71.8 Å². The minimum atomic E-state index is -0.197. The minimum absolute atomic E-state index is 0.197. The number of fused-ring (bicyclic) bond motifs is 3. The Morgan fingerprint density at radius 2 is 1.92 bits per heavy atom. The van der Waals surface area contributed by atoms with E-state index in [1.54, 1.807) is 13.2 Å². The second-order valence-electron chi connectivity index (χ2n) is 5.85. The van der Waals surface area contributed by atoms with E-state index in [-0.39, 0.29) is 5.82 Å². The van der Waals surface area contributed by atoms with E-state index in [0.29, 0.717) is 12.1 Å². The van der Waals surface area contributed by atoms with Crippen molar-refractivity contribution in [2.24, 2.45) is 0 Å². The van der Waals surface area contributed by atoms with E-state index in [0.717, 1.165) is 33.2 Å². The van der Waals surface area contributed by atoms with Gasteiger partial charge < -0.3 is 9.30 Å².